The first-order valence-corrected chi connectivity index (χ1v) is 6.68. The third-order valence-corrected chi connectivity index (χ3v) is 3.35. The molecule has 1 aliphatic rings. The summed E-state index contributed by atoms with van der Waals surface area (Å²) in [4.78, 5) is 0. The highest BCUT2D eigenvalue weighted by atomic mass is 16.5. The number of benzene rings is 1. The summed E-state index contributed by atoms with van der Waals surface area (Å²) in [6.07, 6.45) is 0.959. The monoisotopic (exact) mass is 265 g/mol. The van der Waals surface area contributed by atoms with Gasteiger partial charge in [0.15, 0.2) is 0 Å². The molecule has 0 bridgehead atoms. The minimum absolute atomic E-state index is 0.161. The highest BCUT2D eigenvalue weighted by Gasteiger charge is 2.33. The normalized spacial score (nSPS) is 20.5. The van der Waals surface area contributed by atoms with E-state index in [9.17, 15) is 0 Å². The zero-order valence-corrected chi connectivity index (χ0v) is 12.2. The third kappa shape index (κ3) is 3.39. The highest BCUT2D eigenvalue weighted by molar-refractivity contribution is 5.44. The van der Waals surface area contributed by atoms with Crippen molar-refractivity contribution < 1.29 is 14.2 Å². The Kier molecular flexibility index (Phi) is 4.32. The number of rotatable bonds is 5. The molecule has 0 spiro atoms. The Morgan fingerprint density at radius 1 is 1.37 bits per heavy atom. The van der Waals surface area contributed by atoms with E-state index in [1.165, 1.54) is 5.56 Å². The van der Waals surface area contributed by atoms with Crippen molar-refractivity contribution in [2.45, 2.75) is 31.9 Å². The molecule has 1 N–H and O–H groups in total. The molecule has 4 nitrogen and oxygen atoms in total. The summed E-state index contributed by atoms with van der Waals surface area (Å²) in [7, 11) is 3.65. The largest absolute Gasteiger partial charge is 0.491 e. The molecule has 1 unspecified atom stereocenters. The molecule has 2 rings (SSSR count). The number of ether oxygens (including phenoxy) is 3. The van der Waals surface area contributed by atoms with Crippen LogP contribution in [0, 0.1) is 0 Å². The van der Waals surface area contributed by atoms with Crippen LogP contribution in [0.2, 0.25) is 0 Å². The molecule has 0 saturated heterocycles. The van der Waals surface area contributed by atoms with Crippen molar-refractivity contribution in [3.8, 4) is 11.5 Å². The van der Waals surface area contributed by atoms with E-state index < -0.39 is 0 Å². The van der Waals surface area contributed by atoms with Crippen molar-refractivity contribution >= 4 is 0 Å². The predicted octanol–water partition coefficient (Wildman–Crippen LogP) is 2.53. The van der Waals surface area contributed by atoms with Crippen molar-refractivity contribution in [3.63, 3.8) is 0 Å². The van der Waals surface area contributed by atoms with Gasteiger partial charge in [-0.2, -0.15) is 0 Å². The highest BCUT2D eigenvalue weighted by Crippen LogP contribution is 2.40. The molecular formula is C15H23NO3. The zero-order chi connectivity index (χ0) is 13.9. The summed E-state index contributed by atoms with van der Waals surface area (Å²) in [5, 5.41) is 3.35. The van der Waals surface area contributed by atoms with Gasteiger partial charge in [0, 0.05) is 31.2 Å². The van der Waals surface area contributed by atoms with Crippen molar-refractivity contribution in [3.05, 3.63) is 23.8 Å². The van der Waals surface area contributed by atoms with Crippen molar-refractivity contribution in [2.24, 2.45) is 0 Å². The quantitative estimate of drug-likeness (QED) is 0.831. The molecule has 0 fully saturated rings. The van der Waals surface area contributed by atoms with Gasteiger partial charge in [-0.05, 0) is 27.0 Å². The van der Waals surface area contributed by atoms with Crippen LogP contribution in [0.25, 0.3) is 0 Å². The summed E-state index contributed by atoms with van der Waals surface area (Å²) in [6.45, 7) is 5.36. The fraction of sp³-hybridized carbons (Fsp3) is 0.600. The lowest BCUT2D eigenvalue weighted by Crippen LogP contribution is -2.38. The van der Waals surface area contributed by atoms with Crippen LogP contribution in [-0.2, 0) is 4.74 Å². The van der Waals surface area contributed by atoms with Gasteiger partial charge in [-0.3, -0.25) is 0 Å². The Balaban J connectivity index is 2.18. The predicted molar refractivity (Wildman–Crippen MR) is 74.9 cm³/mol. The molecule has 1 aromatic carbocycles. The summed E-state index contributed by atoms with van der Waals surface area (Å²) in [5.41, 5.74) is 1.03. The number of fused-ring (bicyclic) bond motifs is 1. The molecule has 106 valence electrons. The number of hydrogen-bond donors (Lipinski definition) is 1. The maximum atomic E-state index is 6.05. The van der Waals surface area contributed by atoms with Crippen LogP contribution in [0.1, 0.15) is 31.9 Å². The zero-order valence-electron chi connectivity index (χ0n) is 12.2. The second kappa shape index (κ2) is 5.80. The van der Waals surface area contributed by atoms with Gasteiger partial charge in [0.2, 0.25) is 0 Å². The molecule has 19 heavy (non-hydrogen) atoms. The fourth-order valence-electron chi connectivity index (χ4n) is 2.42. The van der Waals surface area contributed by atoms with E-state index >= 15 is 0 Å². The summed E-state index contributed by atoms with van der Waals surface area (Å²) in [5.74, 6) is 1.73. The maximum Gasteiger partial charge on any atom is 0.128 e. The van der Waals surface area contributed by atoms with Gasteiger partial charge >= 0.3 is 0 Å². The standard InChI is InChI=1S/C15H23NO3/c1-15(2)10-13(16-3)12-6-5-11(9-14(12)19-15)18-8-7-17-4/h5-6,9,13,16H,7-8,10H2,1-4H3. The molecular weight excluding hydrogens is 242 g/mol. The van der Waals surface area contributed by atoms with Crippen molar-refractivity contribution in [1.29, 1.82) is 0 Å². The van der Waals surface area contributed by atoms with Gasteiger partial charge in [-0.15, -0.1) is 0 Å². The smallest absolute Gasteiger partial charge is 0.128 e. The molecule has 0 radical (unpaired) electrons. The van der Waals surface area contributed by atoms with Gasteiger partial charge in [0.25, 0.3) is 0 Å². The van der Waals surface area contributed by atoms with Gasteiger partial charge in [0.05, 0.1) is 6.61 Å². The number of nitrogens with one attached hydrogen (secondary N) is 1. The lowest BCUT2D eigenvalue weighted by molar-refractivity contribution is 0.0669. The average Bonchev–Trinajstić information content (AvgIpc) is 2.36. The summed E-state index contributed by atoms with van der Waals surface area (Å²) < 4.78 is 16.6. The fourth-order valence-corrected chi connectivity index (χ4v) is 2.42. The van der Waals surface area contributed by atoms with Crippen LogP contribution >= 0.6 is 0 Å². The molecule has 0 saturated carbocycles. The molecule has 1 atom stereocenters. The molecule has 0 aromatic heterocycles. The lowest BCUT2D eigenvalue weighted by atomic mass is 9.90. The molecule has 0 amide bonds. The SMILES string of the molecule is CNC1CC(C)(C)Oc2cc(OCCOC)ccc21. The second-order valence-electron chi connectivity index (χ2n) is 5.45. The Bertz CT molecular complexity index is 431. The van der Waals surface area contributed by atoms with Gasteiger partial charge in [-0.25, -0.2) is 0 Å². The van der Waals surface area contributed by atoms with Gasteiger partial charge in [-0.1, -0.05) is 6.07 Å². The van der Waals surface area contributed by atoms with Crippen LogP contribution in [0.5, 0.6) is 11.5 Å². The van der Waals surface area contributed by atoms with Crippen LogP contribution in [-0.4, -0.2) is 33.0 Å². The second-order valence-corrected chi connectivity index (χ2v) is 5.45. The van der Waals surface area contributed by atoms with Crippen LogP contribution < -0.4 is 14.8 Å². The molecule has 1 aromatic rings. The van der Waals surface area contributed by atoms with E-state index in [0.29, 0.717) is 19.3 Å². The molecule has 1 heterocycles. The Morgan fingerprint density at radius 2 is 2.16 bits per heavy atom. The molecule has 4 heteroatoms. The number of methoxy groups -OCH3 is 1. The first-order chi connectivity index (χ1) is 9.05. The van der Waals surface area contributed by atoms with E-state index in [2.05, 4.69) is 25.2 Å². The van der Waals surface area contributed by atoms with E-state index in [1.807, 2.05) is 19.2 Å². The van der Waals surface area contributed by atoms with Crippen molar-refractivity contribution in [1.82, 2.24) is 5.32 Å². The molecule has 0 aliphatic carbocycles. The maximum absolute atomic E-state index is 6.05. The third-order valence-electron chi connectivity index (χ3n) is 3.35. The van der Waals surface area contributed by atoms with Crippen LogP contribution in [0.15, 0.2) is 18.2 Å². The van der Waals surface area contributed by atoms with Gasteiger partial charge < -0.3 is 19.5 Å². The van der Waals surface area contributed by atoms with Crippen molar-refractivity contribution in [2.75, 3.05) is 27.4 Å². The number of hydrogen-bond acceptors (Lipinski definition) is 4. The topological polar surface area (TPSA) is 39.7 Å². The van der Waals surface area contributed by atoms with E-state index in [-0.39, 0.29) is 5.60 Å². The van der Waals surface area contributed by atoms with Crippen LogP contribution in [0.4, 0.5) is 0 Å². The Hall–Kier alpha value is -1.26. The van der Waals surface area contributed by atoms with Gasteiger partial charge in [0.1, 0.15) is 23.7 Å². The van der Waals surface area contributed by atoms with E-state index in [4.69, 9.17) is 14.2 Å². The Labute approximate surface area is 115 Å². The minimum Gasteiger partial charge on any atom is -0.491 e. The first kappa shape index (κ1) is 14.2. The minimum atomic E-state index is -0.161. The average molecular weight is 265 g/mol. The lowest BCUT2D eigenvalue weighted by Gasteiger charge is -2.37. The summed E-state index contributed by atoms with van der Waals surface area (Å²) >= 11 is 0. The molecule has 1 aliphatic heterocycles. The first-order valence-electron chi connectivity index (χ1n) is 6.68. The summed E-state index contributed by atoms with van der Waals surface area (Å²) in [6, 6.07) is 6.36. The van der Waals surface area contributed by atoms with E-state index in [0.717, 1.165) is 17.9 Å². The Morgan fingerprint density at radius 3 is 2.84 bits per heavy atom. The van der Waals surface area contributed by atoms with E-state index in [1.54, 1.807) is 7.11 Å². The van der Waals surface area contributed by atoms with Crippen LogP contribution in [0.3, 0.4) is 0 Å².